The Labute approximate surface area is 129 Å². The molecule has 0 bridgehead atoms. The lowest BCUT2D eigenvalue weighted by Crippen LogP contribution is -1.99. The molecule has 0 spiro atoms. The van der Waals surface area contributed by atoms with Crippen LogP contribution in [0.25, 0.3) is 0 Å². The first-order chi connectivity index (χ1) is 10.5. The van der Waals surface area contributed by atoms with Crippen molar-refractivity contribution in [3.8, 4) is 0 Å². The second-order valence-corrected chi connectivity index (χ2v) is 5.01. The first kappa shape index (κ1) is 15.8. The number of hydrogen-bond donors (Lipinski definition) is 0. The average molecular weight is 301 g/mol. The summed E-state index contributed by atoms with van der Waals surface area (Å²) in [4.78, 5) is 15.5. The predicted octanol–water partition coefficient (Wildman–Crippen LogP) is 3.58. The Morgan fingerprint density at radius 1 is 1.36 bits per heavy atom. The van der Waals surface area contributed by atoms with E-state index in [1.54, 1.807) is 18.3 Å². The molecule has 1 heterocycles. The fourth-order valence-corrected chi connectivity index (χ4v) is 2.41. The quantitative estimate of drug-likeness (QED) is 0.465. The van der Waals surface area contributed by atoms with Gasteiger partial charge in [0.2, 0.25) is 0 Å². The van der Waals surface area contributed by atoms with E-state index in [9.17, 15) is 10.1 Å². The molecule has 1 aromatic heterocycles. The Bertz CT molecular complexity index is 705. The van der Waals surface area contributed by atoms with Gasteiger partial charge in [0, 0.05) is 35.6 Å². The van der Waals surface area contributed by atoms with Crippen molar-refractivity contribution in [1.29, 1.82) is 0 Å². The molecule has 0 atom stereocenters. The van der Waals surface area contributed by atoms with E-state index in [1.807, 2.05) is 6.92 Å². The second-order valence-electron chi connectivity index (χ2n) is 5.01. The van der Waals surface area contributed by atoms with E-state index < -0.39 is 4.92 Å². The standard InChI is InChI=1S/C16H19N3O3/c1-4-18-12(2)8-15(13(18)3)10-17-22-11-14-6-5-7-16(9-14)19(20)21/h5-10H,4,11H2,1-3H3/b17-10-. The molecule has 0 aliphatic heterocycles. The van der Waals surface area contributed by atoms with Crippen LogP contribution in [0.2, 0.25) is 0 Å². The maximum absolute atomic E-state index is 10.7. The van der Waals surface area contributed by atoms with Crippen molar-refractivity contribution >= 4 is 11.9 Å². The summed E-state index contributed by atoms with van der Waals surface area (Å²) in [5.74, 6) is 0. The minimum absolute atomic E-state index is 0.0524. The van der Waals surface area contributed by atoms with E-state index >= 15 is 0 Å². The van der Waals surface area contributed by atoms with Gasteiger partial charge in [-0.2, -0.15) is 0 Å². The molecular weight excluding hydrogens is 282 g/mol. The molecule has 0 unspecified atom stereocenters. The third-order valence-electron chi connectivity index (χ3n) is 3.55. The molecule has 116 valence electrons. The van der Waals surface area contributed by atoms with E-state index in [2.05, 4.69) is 29.6 Å². The third-order valence-corrected chi connectivity index (χ3v) is 3.55. The Morgan fingerprint density at radius 3 is 2.77 bits per heavy atom. The van der Waals surface area contributed by atoms with Gasteiger partial charge in [-0.15, -0.1) is 0 Å². The van der Waals surface area contributed by atoms with Crippen molar-refractivity contribution in [3.05, 3.63) is 63.0 Å². The van der Waals surface area contributed by atoms with Gasteiger partial charge in [-0.25, -0.2) is 0 Å². The lowest BCUT2D eigenvalue weighted by atomic mass is 10.2. The molecule has 0 amide bonds. The van der Waals surface area contributed by atoms with Gasteiger partial charge in [-0.1, -0.05) is 17.3 Å². The zero-order valence-corrected chi connectivity index (χ0v) is 12.9. The van der Waals surface area contributed by atoms with Gasteiger partial charge >= 0.3 is 0 Å². The smallest absolute Gasteiger partial charge is 0.269 e. The molecule has 2 rings (SSSR count). The average Bonchev–Trinajstić information content (AvgIpc) is 2.77. The number of nitrogens with zero attached hydrogens (tertiary/aromatic N) is 3. The van der Waals surface area contributed by atoms with Crippen LogP contribution in [0, 0.1) is 24.0 Å². The molecule has 0 aliphatic rings. The highest BCUT2D eigenvalue weighted by molar-refractivity contribution is 5.81. The topological polar surface area (TPSA) is 69.7 Å². The third kappa shape index (κ3) is 3.52. The van der Waals surface area contributed by atoms with Crippen molar-refractivity contribution in [2.24, 2.45) is 5.16 Å². The van der Waals surface area contributed by atoms with Crippen LogP contribution in [0.1, 0.15) is 29.4 Å². The molecule has 0 radical (unpaired) electrons. The zero-order chi connectivity index (χ0) is 16.1. The molecule has 1 aromatic carbocycles. The fraction of sp³-hybridized carbons (Fsp3) is 0.312. The summed E-state index contributed by atoms with van der Waals surface area (Å²) in [6, 6.07) is 8.39. The van der Waals surface area contributed by atoms with Crippen molar-refractivity contribution < 1.29 is 9.76 Å². The highest BCUT2D eigenvalue weighted by atomic mass is 16.6. The maximum Gasteiger partial charge on any atom is 0.269 e. The van der Waals surface area contributed by atoms with Crippen LogP contribution in [0.15, 0.2) is 35.5 Å². The summed E-state index contributed by atoms with van der Waals surface area (Å²) in [7, 11) is 0. The number of rotatable bonds is 6. The summed E-state index contributed by atoms with van der Waals surface area (Å²) in [5.41, 5.74) is 4.10. The van der Waals surface area contributed by atoms with Crippen LogP contribution in [-0.2, 0) is 18.0 Å². The monoisotopic (exact) mass is 301 g/mol. The molecule has 6 nitrogen and oxygen atoms in total. The molecule has 0 N–H and O–H groups in total. The number of oxime groups is 1. The lowest BCUT2D eigenvalue weighted by molar-refractivity contribution is -0.384. The van der Waals surface area contributed by atoms with Crippen molar-refractivity contribution in [3.63, 3.8) is 0 Å². The van der Waals surface area contributed by atoms with Crippen molar-refractivity contribution in [2.75, 3.05) is 0 Å². The van der Waals surface area contributed by atoms with E-state index in [0.29, 0.717) is 5.56 Å². The molecule has 22 heavy (non-hydrogen) atoms. The highest BCUT2D eigenvalue weighted by Crippen LogP contribution is 2.15. The fourth-order valence-electron chi connectivity index (χ4n) is 2.41. The lowest BCUT2D eigenvalue weighted by Gasteiger charge is -2.04. The molecular formula is C16H19N3O3. The first-order valence-corrected chi connectivity index (χ1v) is 7.08. The van der Waals surface area contributed by atoms with Gasteiger partial charge in [0.1, 0.15) is 6.61 Å². The minimum Gasteiger partial charge on any atom is -0.391 e. The zero-order valence-electron chi connectivity index (χ0n) is 12.9. The summed E-state index contributed by atoms with van der Waals surface area (Å²) in [6.07, 6.45) is 1.67. The van der Waals surface area contributed by atoms with E-state index in [4.69, 9.17) is 4.84 Å². The van der Waals surface area contributed by atoms with Crippen LogP contribution in [0.4, 0.5) is 5.69 Å². The molecule has 0 saturated heterocycles. The number of nitro groups is 1. The van der Waals surface area contributed by atoms with Crippen LogP contribution in [0.5, 0.6) is 0 Å². The van der Waals surface area contributed by atoms with Crippen LogP contribution >= 0.6 is 0 Å². The summed E-state index contributed by atoms with van der Waals surface area (Å²) in [5, 5.41) is 14.7. The van der Waals surface area contributed by atoms with Gasteiger partial charge in [0.05, 0.1) is 11.1 Å². The van der Waals surface area contributed by atoms with E-state index in [1.165, 1.54) is 17.8 Å². The number of aromatic nitrogens is 1. The Balaban J connectivity index is 1.99. The number of aryl methyl sites for hydroxylation is 1. The normalized spacial score (nSPS) is 11.0. The second kappa shape index (κ2) is 6.89. The first-order valence-electron chi connectivity index (χ1n) is 7.08. The van der Waals surface area contributed by atoms with Crippen LogP contribution in [-0.4, -0.2) is 15.7 Å². The van der Waals surface area contributed by atoms with Crippen LogP contribution in [0.3, 0.4) is 0 Å². The molecule has 0 saturated carbocycles. The van der Waals surface area contributed by atoms with Gasteiger partial charge in [0.15, 0.2) is 0 Å². The number of benzene rings is 1. The summed E-state index contributed by atoms with van der Waals surface area (Å²) < 4.78 is 2.20. The predicted molar refractivity (Wildman–Crippen MR) is 85.1 cm³/mol. The Hall–Kier alpha value is -2.63. The van der Waals surface area contributed by atoms with Gasteiger partial charge in [0.25, 0.3) is 5.69 Å². The van der Waals surface area contributed by atoms with Crippen LogP contribution < -0.4 is 0 Å². The van der Waals surface area contributed by atoms with Crippen molar-refractivity contribution in [2.45, 2.75) is 33.9 Å². The number of nitro benzene ring substituents is 1. The SMILES string of the molecule is CCn1c(C)cc(/C=N\OCc2cccc([N+](=O)[O-])c2)c1C. The molecule has 2 aromatic rings. The molecule has 0 aliphatic carbocycles. The highest BCUT2D eigenvalue weighted by Gasteiger charge is 2.07. The van der Waals surface area contributed by atoms with Gasteiger partial charge in [-0.05, 0) is 32.4 Å². The summed E-state index contributed by atoms with van der Waals surface area (Å²) in [6.45, 7) is 7.31. The summed E-state index contributed by atoms with van der Waals surface area (Å²) >= 11 is 0. The molecule has 0 fully saturated rings. The number of hydrogen-bond acceptors (Lipinski definition) is 4. The van der Waals surface area contributed by atoms with Gasteiger partial charge in [-0.3, -0.25) is 10.1 Å². The molecule has 6 heteroatoms. The van der Waals surface area contributed by atoms with E-state index in [-0.39, 0.29) is 12.3 Å². The van der Waals surface area contributed by atoms with E-state index in [0.717, 1.165) is 17.8 Å². The Morgan fingerprint density at radius 2 is 2.14 bits per heavy atom. The van der Waals surface area contributed by atoms with Crippen molar-refractivity contribution in [1.82, 2.24) is 4.57 Å². The Kier molecular flexibility index (Phi) is 4.93. The maximum atomic E-state index is 10.7. The van der Waals surface area contributed by atoms with Gasteiger partial charge < -0.3 is 9.40 Å². The number of non-ortho nitro benzene ring substituents is 1. The minimum atomic E-state index is -0.424. The largest absolute Gasteiger partial charge is 0.391 e.